The summed E-state index contributed by atoms with van der Waals surface area (Å²) in [6.45, 7) is 7.74. The standard InChI is InChI=1S/C14H21NO2S/c1-5-12(14(16)17-4)6-7-15-9-13-8-10(2)11(3)18-13/h6,8,15H,5,7,9H2,1-4H3. The molecule has 18 heavy (non-hydrogen) atoms. The van der Waals surface area contributed by atoms with E-state index in [4.69, 9.17) is 4.74 Å². The number of thiophene rings is 1. The molecule has 0 aromatic carbocycles. The summed E-state index contributed by atoms with van der Waals surface area (Å²) in [5.41, 5.74) is 2.07. The molecule has 0 aliphatic rings. The summed E-state index contributed by atoms with van der Waals surface area (Å²) in [4.78, 5) is 14.0. The number of rotatable bonds is 6. The van der Waals surface area contributed by atoms with Crippen LogP contribution in [0.3, 0.4) is 0 Å². The van der Waals surface area contributed by atoms with E-state index < -0.39 is 0 Å². The molecule has 3 nitrogen and oxygen atoms in total. The first-order valence-electron chi connectivity index (χ1n) is 6.12. The molecule has 0 saturated carbocycles. The molecule has 1 aromatic heterocycles. The van der Waals surface area contributed by atoms with Crippen molar-refractivity contribution in [1.82, 2.24) is 5.32 Å². The Morgan fingerprint density at radius 3 is 2.72 bits per heavy atom. The fourth-order valence-electron chi connectivity index (χ4n) is 1.63. The van der Waals surface area contributed by atoms with Crippen LogP contribution in [0.5, 0.6) is 0 Å². The van der Waals surface area contributed by atoms with E-state index in [0.29, 0.717) is 13.0 Å². The van der Waals surface area contributed by atoms with Gasteiger partial charge in [-0.25, -0.2) is 4.79 Å². The topological polar surface area (TPSA) is 38.3 Å². The van der Waals surface area contributed by atoms with Gasteiger partial charge in [-0.2, -0.15) is 0 Å². The second kappa shape index (κ2) is 7.34. The summed E-state index contributed by atoms with van der Waals surface area (Å²) in [5, 5.41) is 3.31. The molecule has 4 heteroatoms. The van der Waals surface area contributed by atoms with Crippen LogP contribution in [-0.2, 0) is 16.1 Å². The first-order chi connectivity index (χ1) is 8.58. The maximum absolute atomic E-state index is 11.3. The predicted molar refractivity (Wildman–Crippen MR) is 75.9 cm³/mol. The van der Waals surface area contributed by atoms with Gasteiger partial charge in [-0.3, -0.25) is 0 Å². The fourth-order valence-corrected chi connectivity index (χ4v) is 2.65. The van der Waals surface area contributed by atoms with Crippen molar-refractivity contribution in [3.05, 3.63) is 33.0 Å². The van der Waals surface area contributed by atoms with E-state index in [2.05, 4.69) is 25.2 Å². The third-order valence-electron chi connectivity index (χ3n) is 2.84. The molecule has 0 bridgehead atoms. The Morgan fingerprint density at radius 1 is 1.50 bits per heavy atom. The lowest BCUT2D eigenvalue weighted by Gasteiger charge is -2.03. The summed E-state index contributed by atoms with van der Waals surface area (Å²) >= 11 is 1.81. The summed E-state index contributed by atoms with van der Waals surface area (Å²) in [6.07, 6.45) is 2.60. The van der Waals surface area contributed by atoms with Crippen LogP contribution in [0.4, 0.5) is 0 Å². The van der Waals surface area contributed by atoms with Gasteiger partial charge >= 0.3 is 5.97 Å². The summed E-state index contributed by atoms with van der Waals surface area (Å²) in [6, 6.07) is 2.21. The normalized spacial score (nSPS) is 11.7. The molecule has 0 spiro atoms. The van der Waals surface area contributed by atoms with Crippen LogP contribution in [0.15, 0.2) is 17.7 Å². The van der Waals surface area contributed by atoms with Gasteiger partial charge in [-0.05, 0) is 31.9 Å². The molecule has 0 atom stereocenters. The van der Waals surface area contributed by atoms with Crippen LogP contribution in [-0.4, -0.2) is 19.6 Å². The SMILES string of the molecule is CCC(=CCNCc1cc(C)c(C)s1)C(=O)OC. The van der Waals surface area contributed by atoms with E-state index in [9.17, 15) is 4.79 Å². The summed E-state index contributed by atoms with van der Waals surface area (Å²) in [5.74, 6) is -0.234. The minimum atomic E-state index is -0.234. The number of hydrogen-bond acceptors (Lipinski definition) is 4. The molecule has 100 valence electrons. The lowest BCUT2D eigenvalue weighted by molar-refractivity contribution is -0.136. The van der Waals surface area contributed by atoms with Crippen LogP contribution in [0.25, 0.3) is 0 Å². The maximum atomic E-state index is 11.3. The second-order valence-electron chi connectivity index (χ2n) is 4.16. The average molecular weight is 267 g/mol. The van der Waals surface area contributed by atoms with Gasteiger partial charge < -0.3 is 10.1 Å². The van der Waals surface area contributed by atoms with Crippen molar-refractivity contribution in [2.75, 3.05) is 13.7 Å². The minimum Gasteiger partial charge on any atom is -0.466 e. The largest absolute Gasteiger partial charge is 0.466 e. The van der Waals surface area contributed by atoms with Crippen molar-refractivity contribution >= 4 is 17.3 Å². The minimum absolute atomic E-state index is 0.234. The van der Waals surface area contributed by atoms with Gasteiger partial charge in [0.1, 0.15) is 0 Å². The Morgan fingerprint density at radius 2 is 2.22 bits per heavy atom. The molecular formula is C14H21NO2S. The van der Waals surface area contributed by atoms with Gasteiger partial charge in [0.25, 0.3) is 0 Å². The smallest absolute Gasteiger partial charge is 0.333 e. The summed E-state index contributed by atoms with van der Waals surface area (Å²) < 4.78 is 4.70. The van der Waals surface area contributed by atoms with Gasteiger partial charge in [-0.15, -0.1) is 11.3 Å². The molecule has 0 fully saturated rings. The molecule has 0 amide bonds. The van der Waals surface area contributed by atoms with E-state index in [1.807, 2.05) is 24.3 Å². The molecule has 0 unspecified atom stereocenters. The van der Waals surface area contributed by atoms with E-state index in [0.717, 1.165) is 12.1 Å². The van der Waals surface area contributed by atoms with Crippen LogP contribution in [0.1, 0.15) is 28.7 Å². The van der Waals surface area contributed by atoms with Crippen LogP contribution >= 0.6 is 11.3 Å². The van der Waals surface area contributed by atoms with Crippen molar-refractivity contribution in [3.8, 4) is 0 Å². The van der Waals surface area contributed by atoms with Crippen LogP contribution in [0.2, 0.25) is 0 Å². The van der Waals surface area contributed by atoms with E-state index in [1.165, 1.54) is 22.4 Å². The number of nitrogens with one attached hydrogen (secondary N) is 1. The number of aryl methyl sites for hydroxylation is 2. The molecule has 1 rings (SSSR count). The molecule has 1 N–H and O–H groups in total. The van der Waals surface area contributed by atoms with Crippen molar-refractivity contribution in [3.63, 3.8) is 0 Å². The van der Waals surface area contributed by atoms with Crippen LogP contribution in [0, 0.1) is 13.8 Å². The molecular weight excluding hydrogens is 246 g/mol. The number of hydrogen-bond donors (Lipinski definition) is 1. The molecule has 0 aliphatic carbocycles. The van der Waals surface area contributed by atoms with Gasteiger partial charge in [0, 0.05) is 28.4 Å². The first kappa shape index (κ1) is 14.9. The van der Waals surface area contributed by atoms with E-state index in [1.54, 1.807) is 0 Å². The molecule has 0 aliphatic heterocycles. The fraction of sp³-hybridized carbons (Fsp3) is 0.500. The lowest BCUT2D eigenvalue weighted by atomic mass is 10.2. The van der Waals surface area contributed by atoms with Gasteiger partial charge in [0.2, 0.25) is 0 Å². The highest BCUT2D eigenvalue weighted by atomic mass is 32.1. The van der Waals surface area contributed by atoms with Gasteiger partial charge in [0.05, 0.1) is 7.11 Å². The highest BCUT2D eigenvalue weighted by Gasteiger charge is 2.05. The Bertz CT molecular complexity index is 416. The molecule has 0 saturated heterocycles. The molecule has 1 heterocycles. The zero-order valence-electron chi connectivity index (χ0n) is 11.5. The van der Waals surface area contributed by atoms with Crippen molar-refractivity contribution in [2.24, 2.45) is 0 Å². The van der Waals surface area contributed by atoms with E-state index >= 15 is 0 Å². The van der Waals surface area contributed by atoms with Crippen molar-refractivity contribution < 1.29 is 9.53 Å². The number of esters is 1. The second-order valence-corrected chi connectivity index (χ2v) is 5.50. The quantitative estimate of drug-likeness (QED) is 0.489. The Labute approximate surface area is 113 Å². The van der Waals surface area contributed by atoms with Crippen molar-refractivity contribution in [1.29, 1.82) is 0 Å². The highest BCUT2D eigenvalue weighted by Crippen LogP contribution is 2.20. The number of carbonyl (C=O) groups is 1. The average Bonchev–Trinajstić information content (AvgIpc) is 2.68. The zero-order chi connectivity index (χ0) is 13.5. The van der Waals surface area contributed by atoms with Crippen LogP contribution < -0.4 is 5.32 Å². The number of methoxy groups -OCH3 is 1. The zero-order valence-corrected chi connectivity index (χ0v) is 12.3. The lowest BCUT2D eigenvalue weighted by Crippen LogP contribution is -2.14. The first-order valence-corrected chi connectivity index (χ1v) is 6.94. The summed E-state index contributed by atoms with van der Waals surface area (Å²) in [7, 11) is 1.41. The predicted octanol–water partition coefficient (Wildman–Crippen LogP) is 2.96. The van der Waals surface area contributed by atoms with Gasteiger partial charge in [0.15, 0.2) is 0 Å². The third kappa shape index (κ3) is 4.27. The number of carbonyl (C=O) groups excluding carboxylic acids is 1. The monoisotopic (exact) mass is 267 g/mol. The maximum Gasteiger partial charge on any atom is 0.333 e. The molecule has 0 radical (unpaired) electrons. The number of ether oxygens (including phenoxy) is 1. The Balaban J connectivity index is 2.42. The highest BCUT2D eigenvalue weighted by molar-refractivity contribution is 7.12. The Hall–Kier alpha value is -1.13. The third-order valence-corrected chi connectivity index (χ3v) is 3.99. The van der Waals surface area contributed by atoms with Gasteiger partial charge in [-0.1, -0.05) is 13.0 Å². The van der Waals surface area contributed by atoms with E-state index in [-0.39, 0.29) is 5.97 Å². The Kier molecular flexibility index (Phi) is 6.09. The molecule has 1 aromatic rings. The van der Waals surface area contributed by atoms with Crippen molar-refractivity contribution in [2.45, 2.75) is 33.7 Å².